The largest absolute Gasteiger partial charge is 0.488 e. The van der Waals surface area contributed by atoms with Crippen molar-refractivity contribution in [1.29, 1.82) is 0 Å². The topological polar surface area (TPSA) is 131 Å². The lowest BCUT2D eigenvalue weighted by atomic mass is 9.99. The molecule has 0 bridgehead atoms. The van der Waals surface area contributed by atoms with Crippen molar-refractivity contribution in [2.75, 3.05) is 37.4 Å². The molecule has 1 heterocycles. The van der Waals surface area contributed by atoms with Crippen molar-refractivity contribution in [3.05, 3.63) is 102 Å². The summed E-state index contributed by atoms with van der Waals surface area (Å²) in [5, 5.41) is 26.8. The second-order valence-corrected chi connectivity index (χ2v) is 11.6. The highest BCUT2D eigenvalue weighted by atomic mass is 16.5. The van der Waals surface area contributed by atoms with Gasteiger partial charge in [-0.3, -0.25) is 9.69 Å². The van der Waals surface area contributed by atoms with E-state index in [-0.39, 0.29) is 30.1 Å². The Balaban J connectivity index is 1.35. The summed E-state index contributed by atoms with van der Waals surface area (Å²) >= 11 is 0. The highest BCUT2D eigenvalue weighted by Crippen LogP contribution is 2.31. The Hall–Kier alpha value is -4.93. The number of benzene rings is 4. The average molecular weight is 611 g/mol. The number of nitrogens with zero attached hydrogens (tertiary/aromatic N) is 2. The number of rotatable bonds is 9. The molecule has 0 spiro atoms. The quantitative estimate of drug-likeness (QED) is 0.196. The maximum atomic E-state index is 13.8. The van der Waals surface area contributed by atoms with Gasteiger partial charge in [-0.1, -0.05) is 55.5 Å². The molecule has 0 unspecified atom stereocenters. The Morgan fingerprint density at radius 2 is 1.76 bits per heavy atom. The number of hydrogen-bond acceptors (Lipinski definition) is 6. The molecule has 0 radical (unpaired) electrons. The minimum Gasteiger partial charge on any atom is -0.488 e. The van der Waals surface area contributed by atoms with Gasteiger partial charge in [-0.15, -0.1) is 0 Å². The first-order valence-corrected chi connectivity index (χ1v) is 14.9. The minimum atomic E-state index is -0.967. The van der Waals surface area contributed by atoms with Crippen molar-refractivity contribution < 1.29 is 29.3 Å². The van der Waals surface area contributed by atoms with E-state index >= 15 is 0 Å². The van der Waals surface area contributed by atoms with Crippen molar-refractivity contribution in [3.63, 3.8) is 0 Å². The molecule has 10 heteroatoms. The number of urea groups is 1. The summed E-state index contributed by atoms with van der Waals surface area (Å²) in [6.07, 6.45) is -0.304. The third kappa shape index (κ3) is 7.42. The van der Waals surface area contributed by atoms with Crippen LogP contribution in [0.15, 0.2) is 84.9 Å². The van der Waals surface area contributed by atoms with Gasteiger partial charge >= 0.3 is 12.0 Å². The van der Waals surface area contributed by atoms with Crippen molar-refractivity contribution in [2.45, 2.75) is 32.5 Å². The summed E-state index contributed by atoms with van der Waals surface area (Å²) < 4.78 is 6.49. The third-order valence-corrected chi connectivity index (χ3v) is 8.11. The molecule has 5 rings (SSSR count). The van der Waals surface area contributed by atoms with Gasteiger partial charge in [-0.2, -0.15) is 0 Å². The third-order valence-electron chi connectivity index (χ3n) is 8.11. The van der Waals surface area contributed by atoms with Crippen LogP contribution in [0.3, 0.4) is 0 Å². The number of carboxylic acids is 1. The van der Waals surface area contributed by atoms with Gasteiger partial charge in [0.15, 0.2) is 0 Å². The Morgan fingerprint density at radius 1 is 1.02 bits per heavy atom. The standard InChI is InChI=1S/C35H38N4O6/c1-22-18-39(23(2)21-40)33(41)29-17-27(36-35(44)37-30-10-6-8-25-7-4-5-9-28(25)30)15-16-31(29)45-32(22)20-38(3)19-24-11-13-26(14-12-24)34(42)43/h4-17,22-23,32,40H,18-21H2,1-3H3,(H,42,43)(H2,36,37,44)/t22-,23+,32+/m1/s1. The lowest BCUT2D eigenvalue weighted by Crippen LogP contribution is -2.49. The van der Waals surface area contributed by atoms with Crippen LogP contribution in [0.2, 0.25) is 0 Å². The molecule has 3 amide bonds. The second kappa shape index (κ2) is 13.8. The first kappa shape index (κ1) is 31.5. The van der Waals surface area contributed by atoms with Crippen LogP contribution in [0.25, 0.3) is 10.8 Å². The molecule has 1 aliphatic rings. The Bertz CT molecular complexity index is 1690. The van der Waals surface area contributed by atoms with E-state index in [4.69, 9.17) is 4.74 Å². The molecule has 0 saturated heterocycles. The normalized spacial score (nSPS) is 17.2. The van der Waals surface area contributed by atoms with Gasteiger partial charge in [-0.05, 0) is 61.3 Å². The van der Waals surface area contributed by atoms with E-state index in [2.05, 4.69) is 15.5 Å². The fraction of sp³-hybridized carbons (Fsp3) is 0.286. The lowest BCUT2D eigenvalue weighted by Gasteiger charge is -2.38. The molecule has 234 valence electrons. The zero-order valence-electron chi connectivity index (χ0n) is 25.6. The summed E-state index contributed by atoms with van der Waals surface area (Å²) in [5.74, 6) is -0.935. The zero-order valence-corrected chi connectivity index (χ0v) is 25.6. The van der Waals surface area contributed by atoms with Crippen LogP contribution in [0.5, 0.6) is 5.75 Å². The molecule has 3 atom stereocenters. The molecule has 1 aliphatic heterocycles. The number of fused-ring (bicyclic) bond motifs is 2. The summed E-state index contributed by atoms with van der Waals surface area (Å²) in [6.45, 7) is 5.09. The predicted octanol–water partition coefficient (Wildman–Crippen LogP) is 5.53. The molecule has 45 heavy (non-hydrogen) atoms. The van der Waals surface area contributed by atoms with E-state index in [9.17, 15) is 24.6 Å². The maximum Gasteiger partial charge on any atom is 0.335 e. The first-order chi connectivity index (χ1) is 21.6. The number of aliphatic hydroxyl groups excluding tert-OH is 1. The van der Waals surface area contributed by atoms with Gasteiger partial charge in [-0.25, -0.2) is 9.59 Å². The molecule has 0 aliphatic carbocycles. The number of carbonyl (C=O) groups excluding carboxylic acids is 2. The van der Waals surface area contributed by atoms with Gasteiger partial charge < -0.3 is 30.5 Å². The number of hydrogen-bond donors (Lipinski definition) is 4. The molecule has 4 N–H and O–H groups in total. The lowest BCUT2D eigenvalue weighted by molar-refractivity contribution is 0.0341. The zero-order chi connectivity index (χ0) is 32.1. The van der Waals surface area contributed by atoms with Crippen molar-refractivity contribution >= 4 is 40.1 Å². The fourth-order valence-corrected chi connectivity index (χ4v) is 5.57. The second-order valence-electron chi connectivity index (χ2n) is 11.6. The molecule has 4 aromatic carbocycles. The monoisotopic (exact) mass is 610 g/mol. The van der Waals surface area contributed by atoms with Gasteiger partial charge in [0.2, 0.25) is 0 Å². The van der Waals surface area contributed by atoms with Crippen molar-refractivity contribution in [3.8, 4) is 5.75 Å². The highest BCUT2D eigenvalue weighted by Gasteiger charge is 2.33. The van der Waals surface area contributed by atoms with Crippen LogP contribution in [0.4, 0.5) is 16.2 Å². The Morgan fingerprint density at radius 3 is 2.49 bits per heavy atom. The van der Waals surface area contributed by atoms with Gasteiger partial charge in [0, 0.05) is 36.6 Å². The van der Waals surface area contributed by atoms with E-state index in [1.165, 1.54) is 0 Å². The molecule has 0 fully saturated rings. The molecule has 10 nitrogen and oxygen atoms in total. The fourth-order valence-electron chi connectivity index (χ4n) is 5.57. The average Bonchev–Trinajstić information content (AvgIpc) is 3.03. The smallest absolute Gasteiger partial charge is 0.335 e. The number of aliphatic hydroxyl groups is 1. The van der Waals surface area contributed by atoms with E-state index < -0.39 is 18.0 Å². The van der Waals surface area contributed by atoms with Gasteiger partial charge in [0.05, 0.1) is 29.5 Å². The number of carboxylic acid groups (broad SMARTS) is 1. The Labute approximate surface area is 262 Å². The van der Waals surface area contributed by atoms with Crippen molar-refractivity contribution in [2.24, 2.45) is 5.92 Å². The number of carbonyl (C=O) groups is 3. The SMILES string of the molecule is C[C@@H]1CN([C@@H](C)CO)C(=O)c2cc(NC(=O)Nc3cccc4ccccc34)ccc2O[C@H]1CN(C)Cc1ccc(C(=O)O)cc1. The summed E-state index contributed by atoms with van der Waals surface area (Å²) in [7, 11) is 1.96. The van der Waals surface area contributed by atoms with Crippen LogP contribution in [-0.4, -0.2) is 76.8 Å². The molecule has 0 saturated carbocycles. The van der Waals surface area contributed by atoms with Crippen LogP contribution < -0.4 is 15.4 Å². The van der Waals surface area contributed by atoms with Crippen LogP contribution in [0.1, 0.15) is 40.1 Å². The Kier molecular flexibility index (Phi) is 9.65. The van der Waals surface area contributed by atoms with E-state index in [0.29, 0.717) is 42.3 Å². The number of anilines is 2. The summed E-state index contributed by atoms with van der Waals surface area (Å²) in [6, 6.07) is 24.3. The van der Waals surface area contributed by atoms with E-state index in [1.807, 2.05) is 56.4 Å². The first-order valence-electron chi connectivity index (χ1n) is 14.9. The van der Waals surface area contributed by atoms with Crippen LogP contribution in [-0.2, 0) is 6.54 Å². The number of ether oxygens (including phenoxy) is 1. The van der Waals surface area contributed by atoms with Gasteiger partial charge in [0.1, 0.15) is 11.9 Å². The number of amides is 3. The summed E-state index contributed by atoms with van der Waals surface area (Å²) in [5.41, 5.74) is 2.58. The molecular formula is C35H38N4O6. The van der Waals surface area contributed by atoms with E-state index in [0.717, 1.165) is 16.3 Å². The van der Waals surface area contributed by atoms with Crippen LogP contribution >= 0.6 is 0 Å². The maximum absolute atomic E-state index is 13.8. The number of nitrogens with one attached hydrogen (secondary N) is 2. The van der Waals surface area contributed by atoms with Crippen molar-refractivity contribution in [1.82, 2.24) is 9.80 Å². The highest BCUT2D eigenvalue weighted by molar-refractivity contribution is 6.07. The van der Waals surface area contributed by atoms with Gasteiger partial charge in [0.25, 0.3) is 5.91 Å². The van der Waals surface area contributed by atoms with Crippen LogP contribution in [0, 0.1) is 5.92 Å². The summed E-state index contributed by atoms with van der Waals surface area (Å²) in [4.78, 5) is 41.8. The molecule has 0 aromatic heterocycles. The van der Waals surface area contributed by atoms with E-state index in [1.54, 1.807) is 54.3 Å². The molecule has 4 aromatic rings. The number of aromatic carboxylic acids is 1. The molecular weight excluding hydrogens is 572 g/mol. The number of likely N-dealkylation sites (N-methyl/N-ethyl adjacent to an activating group) is 1. The minimum absolute atomic E-state index is 0.0720. The predicted molar refractivity (Wildman–Crippen MR) is 174 cm³/mol.